The molecule has 1 aliphatic heterocycles. The van der Waals surface area contributed by atoms with E-state index in [0.29, 0.717) is 48.9 Å². The number of methoxy groups -OCH3 is 1. The first kappa shape index (κ1) is 22.6. The largest absolute Gasteiger partial charge is 0.496 e. The van der Waals surface area contributed by atoms with Crippen LogP contribution in [0, 0.1) is 5.92 Å². The van der Waals surface area contributed by atoms with Crippen LogP contribution in [0.15, 0.2) is 47.1 Å². The minimum absolute atomic E-state index is 0.151. The zero-order valence-corrected chi connectivity index (χ0v) is 17.7. The van der Waals surface area contributed by atoms with E-state index in [4.69, 9.17) is 14.0 Å². The number of aromatic nitrogens is 3. The molecule has 33 heavy (non-hydrogen) atoms. The lowest BCUT2D eigenvalue weighted by molar-refractivity contribution is -0.151. The molecule has 3 heterocycles. The van der Waals surface area contributed by atoms with Crippen molar-refractivity contribution in [1.29, 1.82) is 0 Å². The van der Waals surface area contributed by atoms with Gasteiger partial charge in [-0.15, -0.1) is 0 Å². The molecule has 174 valence electrons. The zero-order chi connectivity index (χ0) is 23.4. The summed E-state index contributed by atoms with van der Waals surface area (Å²) in [7, 11) is 1.54. The van der Waals surface area contributed by atoms with Crippen LogP contribution in [0.4, 0.5) is 19.0 Å². The van der Waals surface area contributed by atoms with Gasteiger partial charge < -0.3 is 18.9 Å². The maximum Gasteiger partial charge on any atom is 0.417 e. The Kier molecular flexibility index (Phi) is 6.47. The number of hydrogen-bond acceptors (Lipinski definition) is 8. The highest BCUT2D eigenvalue weighted by Gasteiger charge is 2.32. The van der Waals surface area contributed by atoms with Crippen molar-refractivity contribution >= 4 is 11.8 Å². The Bertz CT molecular complexity index is 1090. The number of rotatable bonds is 6. The normalized spacial score (nSPS) is 14.8. The minimum atomic E-state index is -4.42. The lowest BCUT2D eigenvalue weighted by Crippen LogP contribution is -2.37. The summed E-state index contributed by atoms with van der Waals surface area (Å²) < 4.78 is 53.9. The van der Waals surface area contributed by atoms with Crippen LogP contribution in [0.2, 0.25) is 0 Å². The Morgan fingerprint density at radius 2 is 1.94 bits per heavy atom. The van der Waals surface area contributed by atoms with E-state index in [9.17, 15) is 18.0 Å². The number of ether oxygens (including phenoxy) is 2. The highest BCUT2D eigenvalue weighted by Crippen LogP contribution is 2.30. The van der Waals surface area contributed by atoms with Crippen LogP contribution in [-0.2, 0) is 22.3 Å². The molecule has 0 unspecified atom stereocenters. The molecule has 0 aliphatic carbocycles. The molecule has 0 radical (unpaired) electrons. The molecule has 0 spiro atoms. The molecule has 0 atom stereocenters. The Morgan fingerprint density at radius 1 is 1.18 bits per heavy atom. The van der Waals surface area contributed by atoms with Crippen LogP contribution in [0.1, 0.15) is 24.3 Å². The fourth-order valence-corrected chi connectivity index (χ4v) is 3.59. The van der Waals surface area contributed by atoms with E-state index in [1.807, 2.05) is 17.0 Å². The number of pyridine rings is 1. The van der Waals surface area contributed by atoms with Crippen LogP contribution >= 0.6 is 0 Å². The Morgan fingerprint density at radius 3 is 2.61 bits per heavy atom. The first-order valence-electron chi connectivity index (χ1n) is 10.3. The maximum atomic E-state index is 12.7. The van der Waals surface area contributed by atoms with E-state index in [1.54, 1.807) is 19.2 Å². The number of carbonyl (C=O) groups excluding carboxylic acids is 1. The van der Waals surface area contributed by atoms with Gasteiger partial charge in [-0.1, -0.05) is 17.3 Å². The third kappa shape index (κ3) is 5.24. The van der Waals surface area contributed by atoms with Crippen molar-refractivity contribution in [1.82, 2.24) is 15.1 Å². The third-order valence-electron chi connectivity index (χ3n) is 5.38. The van der Waals surface area contributed by atoms with Crippen LogP contribution in [-0.4, -0.2) is 41.3 Å². The van der Waals surface area contributed by atoms with E-state index < -0.39 is 11.7 Å². The number of benzene rings is 1. The summed E-state index contributed by atoms with van der Waals surface area (Å²) >= 11 is 0. The molecule has 0 bridgehead atoms. The van der Waals surface area contributed by atoms with Crippen LogP contribution < -0.4 is 9.64 Å². The molecule has 0 N–H and O–H groups in total. The quantitative estimate of drug-likeness (QED) is 0.506. The van der Waals surface area contributed by atoms with Crippen LogP contribution in [0.3, 0.4) is 0 Å². The van der Waals surface area contributed by atoms with Gasteiger partial charge in [-0.05, 0) is 37.1 Å². The van der Waals surface area contributed by atoms with Crippen molar-refractivity contribution in [2.75, 3.05) is 25.1 Å². The third-order valence-corrected chi connectivity index (χ3v) is 5.38. The molecule has 11 heteroatoms. The molecule has 1 aromatic carbocycles. The van der Waals surface area contributed by atoms with Gasteiger partial charge >= 0.3 is 12.1 Å². The predicted octanol–water partition coefficient (Wildman–Crippen LogP) is 4.12. The molecule has 8 nitrogen and oxygen atoms in total. The number of anilines is 1. The first-order chi connectivity index (χ1) is 15.8. The first-order valence-corrected chi connectivity index (χ1v) is 10.3. The number of nitrogens with zero attached hydrogens (tertiary/aromatic N) is 4. The van der Waals surface area contributed by atoms with Gasteiger partial charge in [-0.25, -0.2) is 4.98 Å². The molecule has 1 saturated heterocycles. The number of hydrogen-bond donors (Lipinski definition) is 0. The van der Waals surface area contributed by atoms with Crippen LogP contribution in [0.25, 0.3) is 11.4 Å². The molecule has 2 aromatic heterocycles. The van der Waals surface area contributed by atoms with Crippen molar-refractivity contribution in [2.24, 2.45) is 5.92 Å². The average Bonchev–Trinajstić information content (AvgIpc) is 3.31. The number of esters is 1. The van der Waals surface area contributed by atoms with Crippen molar-refractivity contribution in [3.63, 3.8) is 0 Å². The van der Waals surface area contributed by atoms with E-state index in [-0.39, 0.29) is 24.4 Å². The Labute approximate surface area is 187 Å². The van der Waals surface area contributed by atoms with Gasteiger partial charge in [0, 0.05) is 19.3 Å². The number of halogens is 3. The summed E-state index contributed by atoms with van der Waals surface area (Å²) in [6, 6.07) is 9.56. The molecular formula is C22H21F3N4O4. The molecule has 0 saturated carbocycles. The van der Waals surface area contributed by atoms with Gasteiger partial charge in [-0.3, -0.25) is 4.79 Å². The van der Waals surface area contributed by atoms with Crippen molar-refractivity contribution in [2.45, 2.75) is 25.6 Å². The highest BCUT2D eigenvalue weighted by atomic mass is 19.4. The lowest BCUT2D eigenvalue weighted by Gasteiger charge is -2.31. The molecule has 4 rings (SSSR count). The van der Waals surface area contributed by atoms with E-state index in [1.165, 1.54) is 6.07 Å². The second-order valence-corrected chi connectivity index (χ2v) is 7.48. The smallest absolute Gasteiger partial charge is 0.417 e. The fourth-order valence-electron chi connectivity index (χ4n) is 3.59. The molecule has 0 amide bonds. The lowest BCUT2D eigenvalue weighted by atomic mass is 9.97. The number of piperidine rings is 1. The second kappa shape index (κ2) is 9.47. The second-order valence-electron chi connectivity index (χ2n) is 7.48. The van der Waals surface area contributed by atoms with Gasteiger partial charge in [0.25, 0.3) is 5.89 Å². The van der Waals surface area contributed by atoms with Gasteiger partial charge in [0.05, 0.1) is 24.2 Å². The standard InChI is InChI=1S/C22H21F3N4O4/c1-31-17-5-3-2-4-16(17)20-27-19(33-28-20)13-32-21(30)14-8-10-29(11-9-14)18-7-6-15(12-26-18)22(23,24)25/h2-7,12,14H,8-11,13H2,1H3. The molecular weight excluding hydrogens is 441 g/mol. The SMILES string of the molecule is COc1ccccc1-c1noc(COC(=O)C2CCN(c3ccc(C(F)(F)F)cn3)CC2)n1. The van der Waals surface area contributed by atoms with Gasteiger partial charge in [0.2, 0.25) is 5.82 Å². The molecule has 3 aromatic rings. The summed E-state index contributed by atoms with van der Waals surface area (Å²) in [6.07, 6.45) is -2.61. The van der Waals surface area contributed by atoms with E-state index >= 15 is 0 Å². The summed E-state index contributed by atoms with van der Waals surface area (Å²) in [5.74, 6) is 0.826. The average molecular weight is 462 g/mol. The van der Waals surface area contributed by atoms with Crippen molar-refractivity contribution in [3.05, 3.63) is 54.0 Å². The van der Waals surface area contributed by atoms with E-state index in [0.717, 1.165) is 12.3 Å². The summed E-state index contributed by atoms with van der Waals surface area (Å²) in [6.45, 7) is 0.814. The zero-order valence-electron chi connectivity index (χ0n) is 17.7. The Balaban J connectivity index is 1.28. The van der Waals surface area contributed by atoms with Crippen LogP contribution in [0.5, 0.6) is 5.75 Å². The fraction of sp³-hybridized carbons (Fsp3) is 0.364. The Hall–Kier alpha value is -3.63. The molecule has 1 fully saturated rings. The number of carbonyl (C=O) groups is 1. The monoisotopic (exact) mass is 462 g/mol. The van der Waals surface area contributed by atoms with Gasteiger partial charge in [0.15, 0.2) is 6.61 Å². The topological polar surface area (TPSA) is 90.6 Å². The summed E-state index contributed by atoms with van der Waals surface area (Å²) in [5, 5.41) is 3.91. The summed E-state index contributed by atoms with van der Waals surface area (Å²) in [5.41, 5.74) is -0.134. The summed E-state index contributed by atoms with van der Waals surface area (Å²) in [4.78, 5) is 22.5. The van der Waals surface area contributed by atoms with Crippen molar-refractivity contribution < 1.29 is 32.0 Å². The molecule has 1 aliphatic rings. The number of para-hydroxylation sites is 1. The number of alkyl halides is 3. The van der Waals surface area contributed by atoms with Gasteiger partial charge in [-0.2, -0.15) is 18.2 Å². The van der Waals surface area contributed by atoms with Crippen molar-refractivity contribution in [3.8, 4) is 17.1 Å². The minimum Gasteiger partial charge on any atom is -0.496 e. The maximum absolute atomic E-state index is 12.7. The van der Waals surface area contributed by atoms with Gasteiger partial charge in [0.1, 0.15) is 11.6 Å². The predicted molar refractivity (Wildman–Crippen MR) is 110 cm³/mol. The highest BCUT2D eigenvalue weighted by molar-refractivity contribution is 5.73. The van der Waals surface area contributed by atoms with E-state index in [2.05, 4.69) is 15.1 Å².